The van der Waals surface area contributed by atoms with Gasteiger partial charge in [-0.1, -0.05) is 109 Å². The van der Waals surface area contributed by atoms with E-state index in [1.54, 1.807) is 0 Å². The van der Waals surface area contributed by atoms with Gasteiger partial charge in [-0.3, -0.25) is 0 Å². The van der Waals surface area contributed by atoms with Crippen LogP contribution < -0.4 is 0 Å². The smallest absolute Gasteiger partial charge is 0.0567 e. The lowest BCUT2D eigenvalue weighted by Crippen LogP contribution is -2.21. The molecular weight excluding hydrogens is 314 g/mol. The molecule has 0 aromatic heterocycles. The summed E-state index contributed by atoms with van der Waals surface area (Å²) in [6.07, 6.45) is 21.1. The van der Waals surface area contributed by atoms with Gasteiger partial charge in [-0.05, 0) is 12.8 Å². The maximum absolute atomic E-state index is 9.03. The molecule has 24 heavy (non-hydrogen) atoms. The minimum Gasteiger partial charge on any atom is -0.395 e. The summed E-state index contributed by atoms with van der Waals surface area (Å²) in [5.74, 6) is 1.22. The molecule has 146 valence electrons. The SMILES string of the molecule is CCCCCCCCCCCCCCCCSN(CCC)CCO. The molecule has 0 unspecified atom stereocenters. The lowest BCUT2D eigenvalue weighted by atomic mass is 10.0. The van der Waals surface area contributed by atoms with E-state index >= 15 is 0 Å². The zero-order valence-corrected chi connectivity index (χ0v) is 17.6. The Balaban J connectivity index is 3.14. The Kier molecular flexibility index (Phi) is 21.6. The molecular formula is C21H45NOS. The Morgan fingerprint density at radius 1 is 0.583 bits per heavy atom. The van der Waals surface area contributed by atoms with Crippen LogP contribution in [-0.2, 0) is 0 Å². The largest absolute Gasteiger partial charge is 0.395 e. The molecule has 0 radical (unpaired) electrons. The summed E-state index contributed by atoms with van der Waals surface area (Å²) in [5.41, 5.74) is 0. The average molecular weight is 360 g/mol. The number of hydrogen-bond donors (Lipinski definition) is 1. The highest BCUT2D eigenvalue weighted by molar-refractivity contribution is 7.97. The molecule has 1 N–H and O–H groups in total. The lowest BCUT2D eigenvalue weighted by Gasteiger charge is -2.18. The molecule has 0 fully saturated rings. The molecule has 0 saturated carbocycles. The fourth-order valence-corrected chi connectivity index (χ4v) is 4.21. The van der Waals surface area contributed by atoms with Crippen molar-refractivity contribution in [3.05, 3.63) is 0 Å². The highest BCUT2D eigenvalue weighted by Crippen LogP contribution is 2.15. The molecule has 0 aromatic carbocycles. The molecule has 2 nitrogen and oxygen atoms in total. The standard InChI is InChI=1S/C21H45NOS/c1-3-5-6-7-8-9-10-11-12-13-14-15-16-17-21-24-22(18-4-2)19-20-23/h23H,3-21H2,1-2H3. The maximum Gasteiger partial charge on any atom is 0.0567 e. The average Bonchev–Trinajstić information content (AvgIpc) is 2.58. The van der Waals surface area contributed by atoms with E-state index < -0.39 is 0 Å². The van der Waals surface area contributed by atoms with E-state index in [2.05, 4.69) is 18.2 Å². The van der Waals surface area contributed by atoms with Gasteiger partial charge in [0.25, 0.3) is 0 Å². The van der Waals surface area contributed by atoms with Gasteiger partial charge < -0.3 is 5.11 Å². The van der Waals surface area contributed by atoms with Crippen LogP contribution in [0.25, 0.3) is 0 Å². The zero-order chi connectivity index (χ0) is 17.7. The molecule has 0 rings (SSSR count). The first-order chi connectivity index (χ1) is 11.8. The van der Waals surface area contributed by atoms with E-state index in [1.165, 1.54) is 102 Å². The van der Waals surface area contributed by atoms with Gasteiger partial charge in [0.1, 0.15) is 0 Å². The Hall–Kier alpha value is 0.270. The third kappa shape index (κ3) is 18.6. The van der Waals surface area contributed by atoms with E-state index in [0.717, 1.165) is 13.1 Å². The summed E-state index contributed by atoms with van der Waals surface area (Å²) in [7, 11) is 0. The van der Waals surface area contributed by atoms with Crippen LogP contribution in [0.2, 0.25) is 0 Å². The van der Waals surface area contributed by atoms with Gasteiger partial charge >= 0.3 is 0 Å². The zero-order valence-electron chi connectivity index (χ0n) is 16.7. The Morgan fingerprint density at radius 3 is 1.46 bits per heavy atom. The molecule has 0 aliphatic carbocycles. The van der Waals surface area contributed by atoms with Gasteiger partial charge in [-0.15, -0.1) is 0 Å². The minimum absolute atomic E-state index is 0.283. The number of aliphatic hydroxyl groups is 1. The first kappa shape index (κ1) is 24.3. The molecule has 0 saturated heterocycles. The summed E-state index contributed by atoms with van der Waals surface area (Å²) < 4.78 is 2.32. The summed E-state index contributed by atoms with van der Waals surface area (Å²) in [6, 6.07) is 0. The number of aliphatic hydroxyl groups excluding tert-OH is 1. The van der Waals surface area contributed by atoms with E-state index in [-0.39, 0.29) is 6.61 Å². The quantitative estimate of drug-likeness (QED) is 0.190. The normalized spacial score (nSPS) is 11.5. The summed E-state index contributed by atoms with van der Waals surface area (Å²) in [5, 5.41) is 9.03. The van der Waals surface area contributed by atoms with Gasteiger partial charge in [-0.2, -0.15) is 0 Å². The van der Waals surface area contributed by atoms with Crippen LogP contribution in [0.4, 0.5) is 0 Å². The fraction of sp³-hybridized carbons (Fsp3) is 1.00. The molecule has 0 aliphatic rings. The van der Waals surface area contributed by atoms with Gasteiger partial charge in [0.15, 0.2) is 0 Å². The number of unbranched alkanes of at least 4 members (excludes halogenated alkanes) is 13. The molecule has 0 aliphatic heterocycles. The molecule has 3 heteroatoms. The molecule has 0 aromatic rings. The molecule has 0 amide bonds. The first-order valence-corrected chi connectivity index (χ1v) is 11.8. The van der Waals surface area contributed by atoms with Crippen molar-refractivity contribution in [2.24, 2.45) is 0 Å². The summed E-state index contributed by atoms with van der Waals surface area (Å²) in [6.45, 7) is 6.70. The van der Waals surface area contributed by atoms with Crippen molar-refractivity contribution < 1.29 is 5.11 Å². The Labute approximate surface area is 157 Å². The second-order valence-corrected chi connectivity index (χ2v) is 8.26. The van der Waals surface area contributed by atoms with Crippen LogP contribution in [0, 0.1) is 0 Å². The van der Waals surface area contributed by atoms with Crippen molar-refractivity contribution in [3.63, 3.8) is 0 Å². The highest BCUT2D eigenvalue weighted by atomic mass is 32.2. The number of hydrogen-bond acceptors (Lipinski definition) is 3. The minimum atomic E-state index is 0.283. The van der Waals surface area contributed by atoms with E-state index in [1.807, 2.05) is 11.9 Å². The van der Waals surface area contributed by atoms with Crippen molar-refractivity contribution in [3.8, 4) is 0 Å². The summed E-state index contributed by atoms with van der Waals surface area (Å²) >= 11 is 1.93. The van der Waals surface area contributed by atoms with Crippen molar-refractivity contribution in [2.45, 2.75) is 110 Å². The lowest BCUT2D eigenvalue weighted by molar-refractivity contribution is 0.261. The predicted octanol–water partition coefficient (Wildman–Crippen LogP) is 6.82. The van der Waals surface area contributed by atoms with Crippen molar-refractivity contribution in [1.82, 2.24) is 4.31 Å². The molecule has 0 spiro atoms. The first-order valence-electron chi connectivity index (χ1n) is 10.8. The van der Waals surface area contributed by atoms with Crippen LogP contribution in [0.3, 0.4) is 0 Å². The molecule has 0 atom stereocenters. The second-order valence-electron chi connectivity index (χ2n) is 7.08. The van der Waals surface area contributed by atoms with Gasteiger partial charge in [-0.25, -0.2) is 4.31 Å². The van der Waals surface area contributed by atoms with Gasteiger partial charge in [0.05, 0.1) is 6.61 Å². The van der Waals surface area contributed by atoms with E-state index in [0.29, 0.717) is 0 Å². The van der Waals surface area contributed by atoms with Crippen molar-refractivity contribution in [1.29, 1.82) is 0 Å². The van der Waals surface area contributed by atoms with Crippen molar-refractivity contribution in [2.75, 3.05) is 25.4 Å². The van der Waals surface area contributed by atoms with Crippen LogP contribution in [0.1, 0.15) is 110 Å². The Morgan fingerprint density at radius 2 is 1.04 bits per heavy atom. The van der Waals surface area contributed by atoms with Crippen molar-refractivity contribution >= 4 is 11.9 Å². The van der Waals surface area contributed by atoms with Crippen LogP contribution >= 0.6 is 11.9 Å². The second kappa shape index (κ2) is 21.3. The molecule has 0 bridgehead atoms. The van der Waals surface area contributed by atoms with E-state index in [4.69, 9.17) is 5.11 Å². The summed E-state index contributed by atoms with van der Waals surface area (Å²) in [4.78, 5) is 0. The van der Waals surface area contributed by atoms with Gasteiger partial charge in [0, 0.05) is 18.8 Å². The van der Waals surface area contributed by atoms with Crippen LogP contribution in [0.5, 0.6) is 0 Å². The fourth-order valence-electron chi connectivity index (χ4n) is 3.09. The maximum atomic E-state index is 9.03. The predicted molar refractivity (Wildman–Crippen MR) is 112 cm³/mol. The monoisotopic (exact) mass is 359 g/mol. The molecule has 0 heterocycles. The Bertz CT molecular complexity index is 220. The topological polar surface area (TPSA) is 23.5 Å². The van der Waals surface area contributed by atoms with Gasteiger partial charge in [0.2, 0.25) is 0 Å². The highest BCUT2D eigenvalue weighted by Gasteiger charge is 2.02. The number of nitrogens with zero attached hydrogens (tertiary/aromatic N) is 1. The van der Waals surface area contributed by atoms with Crippen LogP contribution in [0.15, 0.2) is 0 Å². The number of rotatable bonds is 20. The third-order valence-electron chi connectivity index (χ3n) is 4.59. The van der Waals surface area contributed by atoms with E-state index in [9.17, 15) is 0 Å². The van der Waals surface area contributed by atoms with Crippen LogP contribution in [-0.4, -0.2) is 34.9 Å². The third-order valence-corrected chi connectivity index (χ3v) is 5.80.